The first-order valence-electron chi connectivity index (χ1n) is 8.09. The van der Waals surface area contributed by atoms with E-state index < -0.39 is 11.9 Å². The molecular weight excluding hydrogens is 359 g/mol. The Balaban J connectivity index is 2.06. The number of halogens is 2. The van der Waals surface area contributed by atoms with Gasteiger partial charge in [0, 0.05) is 25.3 Å². The molecule has 1 atom stereocenters. The lowest BCUT2D eigenvalue weighted by Gasteiger charge is -2.10. The van der Waals surface area contributed by atoms with E-state index in [2.05, 4.69) is 10.3 Å². The average Bonchev–Trinajstić information content (AvgIpc) is 2.58. The predicted octanol–water partition coefficient (Wildman–Crippen LogP) is 4.76. The second kappa shape index (κ2) is 9.20. The zero-order valence-corrected chi connectivity index (χ0v) is 15.5. The Morgan fingerprint density at radius 1 is 1.38 bits per heavy atom. The maximum Gasteiger partial charge on any atom is 0.219 e. The molecular formula is C19H20ClFN2O3. The second-order valence-electron chi connectivity index (χ2n) is 5.51. The number of hydrogen-bond donors (Lipinski definition) is 1. The molecule has 1 unspecified atom stereocenters. The van der Waals surface area contributed by atoms with Gasteiger partial charge in [-0.05, 0) is 43.7 Å². The molecule has 2 rings (SSSR count). The topological polar surface area (TPSA) is 60.5 Å². The summed E-state index contributed by atoms with van der Waals surface area (Å²) in [6, 6.07) is 7.67. The van der Waals surface area contributed by atoms with Crippen LogP contribution in [0.1, 0.15) is 26.3 Å². The number of ether oxygens (including phenoxy) is 2. The average molecular weight is 379 g/mol. The Labute approximate surface area is 156 Å². The SMILES string of the molecule is CCOc1ccc(Oc2ccc(/C=C(\F)C(C)NC(C)=O)cn2)c(Cl)c1. The summed E-state index contributed by atoms with van der Waals surface area (Å²) in [5.74, 6) is 0.655. The van der Waals surface area contributed by atoms with Crippen LogP contribution in [0, 0.1) is 0 Å². The van der Waals surface area contributed by atoms with Crippen LogP contribution in [0.15, 0.2) is 42.4 Å². The van der Waals surface area contributed by atoms with Crippen LogP contribution in [-0.4, -0.2) is 23.5 Å². The molecule has 1 aromatic heterocycles. The standard InChI is InChI=1S/C19H20ClFN2O3/c1-4-25-15-6-7-18(16(20)10-15)26-19-8-5-14(11-22-19)9-17(21)12(2)23-13(3)24/h5-12H,4H2,1-3H3,(H,23,24)/b17-9-. The van der Waals surface area contributed by atoms with Crippen molar-refractivity contribution in [2.75, 3.05) is 6.61 Å². The van der Waals surface area contributed by atoms with Crippen molar-refractivity contribution in [3.8, 4) is 17.4 Å². The highest BCUT2D eigenvalue weighted by atomic mass is 35.5. The Kier molecular flexibility index (Phi) is 6.97. The Morgan fingerprint density at radius 3 is 2.73 bits per heavy atom. The summed E-state index contributed by atoms with van der Waals surface area (Å²) in [5, 5.41) is 2.87. The monoisotopic (exact) mass is 378 g/mol. The van der Waals surface area contributed by atoms with Crippen LogP contribution < -0.4 is 14.8 Å². The second-order valence-corrected chi connectivity index (χ2v) is 5.92. The summed E-state index contributed by atoms with van der Waals surface area (Å²) in [6.07, 6.45) is 2.78. The van der Waals surface area contributed by atoms with E-state index in [9.17, 15) is 9.18 Å². The fourth-order valence-electron chi connectivity index (χ4n) is 2.13. The molecule has 0 saturated carbocycles. The van der Waals surface area contributed by atoms with Gasteiger partial charge in [-0.15, -0.1) is 0 Å². The highest BCUT2D eigenvalue weighted by Gasteiger charge is 2.10. The number of rotatable bonds is 7. The molecule has 0 aliphatic rings. The van der Waals surface area contributed by atoms with Gasteiger partial charge in [-0.3, -0.25) is 4.79 Å². The van der Waals surface area contributed by atoms with Gasteiger partial charge >= 0.3 is 0 Å². The van der Waals surface area contributed by atoms with Crippen molar-refractivity contribution in [3.05, 3.63) is 52.9 Å². The number of carbonyl (C=O) groups is 1. The van der Waals surface area contributed by atoms with Crippen LogP contribution in [0.25, 0.3) is 6.08 Å². The van der Waals surface area contributed by atoms with E-state index in [-0.39, 0.29) is 5.91 Å². The molecule has 1 N–H and O–H groups in total. The molecule has 1 heterocycles. The first-order chi connectivity index (χ1) is 12.4. The third kappa shape index (κ3) is 5.74. The minimum absolute atomic E-state index is 0.296. The summed E-state index contributed by atoms with van der Waals surface area (Å²) in [7, 11) is 0. The van der Waals surface area contributed by atoms with Gasteiger partial charge in [-0.25, -0.2) is 9.37 Å². The summed E-state index contributed by atoms with van der Waals surface area (Å²) in [6.45, 7) is 5.33. The zero-order valence-electron chi connectivity index (χ0n) is 14.8. The van der Waals surface area contributed by atoms with Gasteiger partial charge in [0.2, 0.25) is 11.8 Å². The first-order valence-corrected chi connectivity index (χ1v) is 8.47. The predicted molar refractivity (Wildman–Crippen MR) is 99.3 cm³/mol. The van der Waals surface area contributed by atoms with Crippen LogP contribution in [0.2, 0.25) is 5.02 Å². The van der Waals surface area contributed by atoms with E-state index in [1.807, 2.05) is 6.92 Å². The van der Waals surface area contributed by atoms with E-state index in [1.165, 1.54) is 19.2 Å². The summed E-state index contributed by atoms with van der Waals surface area (Å²) in [4.78, 5) is 15.1. The highest BCUT2D eigenvalue weighted by Crippen LogP contribution is 2.31. The van der Waals surface area contributed by atoms with Crippen molar-refractivity contribution in [1.29, 1.82) is 0 Å². The fraction of sp³-hybridized carbons (Fsp3) is 0.263. The van der Waals surface area contributed by atoms with Crippen LogP contribution >= 0.6 is 11.6 Å². The molecule has 0 aliphatic carbocycles. The smallest absolute Gasteiger partial charge is 0.219 e. The van der Waals surface area contributed by atoms with Gasteiger partial charge in [-0.2, -0.15) is 0 Å². The molecule has 138 valence electrons. The van der Waals surface area contributed by atoms with Gasteiger partial charge in [0.1, 0.15) is 17.3 Å². The molecule has 0 radical (unpaired) electrons. The van der Waals surface area contributed by atoms with Crippen molar-refractivity contribution < 1.29 is 18.7 Å². The summed E-state index contributed by atoms with van der Waals surface area (Å²) in [5.41, 5.74) is 0.546. The van der Waals surface area contributed by atoms with Crippen LogP contribution in [-0.2, 0) is 4.79 Å². The van der Waals surface area contributed by atoms with Crippen molar-refractivity contribution in [2.24, 2.45) is 0 Å². The maximum atomic E-state index is 14.0. The Morgan fingerprint density at radius 2 is 2.15 bits per heavy atom. The quantitative estimate of drug-likeness (QED) is 0.754. The minimum Gasteiger partial charge on any atom is -0.494 e. The molecule has 0 fully saturated rings. The van der Waals surface area contributed by atoms with E-state index >= 15 is 0 Å². The van der Waals surface area contributed by atoms with E-state index in [1.54, 1.807) is 37.3 Å². The van der Waals surface area contributed by atoms with Gasteiger partial charge in [0.05, 0.1) is 17.7 Å². The number of carbonyl (C=O) groups excluding carboxylic acids is 1. The molecule has 7 heteroatoms. The molecule has 1 aromatic carbocycles. The third-order valence-corrected chi connectivity index (χ3v) is 3.62. The van der Waals surface area contributed by atoms with Crippen molar-refractivity contribution in [3.63, 3.8) is 0 Å². The van der Waals surface area contributed by atoms with Gasteiger partial charge in [0.25, 0.3) is 0 Å². The summed E-state index contributed by atoms with van der Waals surface area (Å²) >= 11 is 6.17. The van der Waals surface area contributed by atoms with Gasteiger partial charge in [0.15, 0.2) is 0 Å². The number of nitrogens with zero attached hydrogens (tertiary/aromatic N) is 1. The normalized spacial score (nSPS) is 12.4. The third-order valence-electron chi connectivity index (χ3n) is 3.33. The van der Waals surface area contributed by atoms with Crippen molar-refractivity contribution in [2.45, 2.75) is 26.8 Å². The van der Waals surface area contributed by atoms with Crippen LogP contribution in [0.3, 0.4) is 0 Å². The van der Waals surface area contributed by atoms with Gasteiger partial charge in [-0.1, -0.05) is 11.6 Å². The van der Waals surface area contributed by atoms with Gasteiger partial charge < -0.3 is 14.8 Å². The lowest BCUT2D eigenvalue weighted by Crippen LogP contribution is -2.30. The molecule has 0 bridgehead atoms. The molecule has 26 heavy (non-hydrogen) atoms. The number of nitrogens with one attached hydrogen (secondary N) is 1. The van der Waals surface area contributed by atoms with Crippen molar-refractivity contribution in [1.82, 2.24) is 10.3 Å². The molecule has 5 nitrogen and oxygen atoms in total. The molecule has 0 aliphatic heterocycles. The summed E-state index contributed by atoms with van der Waals surface area (Å²) < 4.78 is 25.0. The number of amides is 1. The van der Waals surface area contributed by atoms with Crippen molar-refractivity contribution >= 4 is 23.6 Å². The van der Waals surface area contributed by atoms with Crippen LogP contribution in [0.5, 0.6) is 17.4 Å². The highest BCUT2D eigenvalue weighted by molar-refractivity contribution is 6.32. The number of benzene rings is 1. The Bertz CT molecular complexity index is 794. The van der Waals surface area contributed by atoms with E-state index in [4.69, 9.17) is 21.1 Å². The zero-order chi connectivity index (χ0) is 19.1. The lowest BCUT2D eigenvalue weighted by atomic mass is 10.2. The first kappa shape index (κ1) is 19.7. The Hall–Kier alpha value is -2.60. The number of aromatic nitrogens is 1. The fourth-order valence-corrected chi connectivity index (χ4v) is 2.34. The largest absolute Gasteiger partial charge is 0.494 e. The number of hydrogen-bond acceptors (Lipinski definition) is 4. The maximum absolute atomic E-state index is 14.0. The molecule has 0 spiro atoms. The minimum atomic E-state index is -0.703. The van der Waals surface area contributed by atoms with E-state index in [0.717, 1.165) is 0 Å². The molecule has 1 amide bonds. The number of pyridine rings is 1. The van der Waals surface area contributed by atoms with E-state index in [0.29, 0.717) is 34.6 Å². The molecule has 0 saturated heterocycles. The lowest BCUT2D eigenvalue weighted by molar-refractivity contribution is -0.119. The van der Waals surface area contributed by atoms with Crippen LogP contribution in [0.4, 0.5) is 4.39 Å². The molecule has 2 aromatic rings.